The van der Waals surface area contributed by atoms with Crippen LogP contribution in [0.4, 0.5) is 5.82 Å². The number of anilines is 1. The van der Waals surface area contributed by atoms with Crippen molar-refractivity contribution < 1.29 is 14.3 Å². The highest BCUT2D eigenvalue weighted by atomic mass is 16.5. The molecule has 0 fully saturated rings. The van der Waals surface area contributed by atoms with Gasteiger partial charge in [-0.25, -0.2) is 9.97 Å². The van der Waals surface area contributed by atoms with Gasteiger partial charge in [-0.2, -0.15) is 9.78 Å². The lowest BCUT2D eigenvalue weighted by molar-refractivity contribution is 0.0955. The summed E-state index contributed by atoms with van der Waals surface area (Å²) in [6.07, 6.45) is 3.46. The van der Waals surface area contributed by atoms with E-state index in [2.05, 4.69) is 22.3 Å². The van der Waals surface area contributed by atoms with Crippen molar-refractivity contribution in [3.05, 3.63) is 53.6 Å². The maximum Gasteiger partial charge on any atom is 0.257 e. The van der Waals surface area contributed by atoms with Gasteiger partial charge in [0.05, 0.1) is 31.5 Å². The minimum atomic E-state index is -0.296. The highest BCUT2D eigenvalue weighted by Crippen LogP contribution is 2.29. The van der Waals surface area contributed by atoms with Gasteiger partial charge in [0.2, 0.25) is 0 Å². The van der Waals surface area contributed by atoms with Crippen LogP contribution in [0.5, 0.6) is 11.5 Å². The van der Waals surface area contributed by atoms with E-state index < -0.39 is 0 Å². The summed E-state index contributed by atoms with van der Waals surface area (Å²) in [5.74, 6) is 1.07. The Morgan fingerprint density at radius 3 is 2.55 bits per heavy atom. The van der Waals surface area contributed by atoms with E-state index in [-0.39, 0.29) is 17.3 Å². The molecular formula is C24H26N6O3. The number of methoxy groups -OCH3 is 2. The first-order valence-corrected chi connectivity index (χ1v) is 10.7. The normalized spacial score (nSPS) is 11.4. The number of ether oxygens (including phenoxy) is 2. The molecule has 0 aliphatic carbocycles. The average Bonchev–Trinajstić information content (AvgIpc) is 3.11. The summed E-state index contributed by atoms with van der Waals surface area (Å²) in [6, 6.07) is 12.9. The standard InChI is InChI=1S/C24H26N6O3/c1-4-5-12-26-24(31)20-21-23(29-17-9-7-6-8-16(17)28-21)30(22(20)25)27-14-15-10-11-18(32-2)19(13-15)33-3/h6-11,13-14H,4-5,12,25H2,1-3H3,(H,26,31). The van der Waals surface area contributed by atoms with Gasteiger partial charge in [-0.1, -0.05) is 25.5 Å². The van der Waals surface area contributed by atoms with Crippen LogP contribution in [0.25, 0.3) is 22.2 Å². The van der Waals surface area contributed by atoms with Gasteiger partial charge >= 0.3 is 0 Å². The molecule has 9 heteroatoms. The van der Waals surface area contributed by atoms with Crippen molar-refractivity contribution in [1.29, 1.82) is 0 Å². The van der Waals surface area contributed by atoms with Crippen molar-refractivity contribution in [2.75, 3.05) is 26.5 Å². The first-order chi connectivity index (χ1) is 16.1. The van der Waals surface area contributed by atoms with Gasteiger partial charge < -0.3 is 20.5 Å². The second kappa shape index (κ2) is 9.56. The van der Waals surface area contributed by atoms with Crippen LogP contribution in [0.3, 0.4) is 0 Å². The molecule has 2 aromatic carbocycles. The number of nitrogens with one attached hydrogen (secondary N) is 1. The predicted octanol–water partition coefficient (Wildman–Crippen LogP) is 3.60. The number of carbonyl (C=O) groups excluding carboxylic acids is 1. The van der Waals surface area contributed by atoms with Crippen LogP contribution in [-0.2, 0) is 0 Å². The van der Waals surface area contributed by atoms with Crippen LogP contribution in [-0.4, -0.2) is 47.5 Å². The Morgan fingerprint density at radius 2 is 1.85 bits per heavy atom. The quantitative estimate of drug-likeness (QED) is 0.316. The molecule has 0 atom stereocenters. The second-order valence-corrected chi connectivity index (χ2v) is 7.43. The lowest BCUT2D eigenvalue weighted by atomic mass is 10.2. The van der Waals surface area contributed by atoms with Gasteiger partial charge in [0.25, 0.3) is 5.91 Å². The van der Waals surface area contributed by atoms with E-state index in [9.17, 15) is 4.79 Å². The highest BCUT2D eigenvalue weighted by molar-refractivity contribution is 6.10. The molecule has 0 aliphatic heterocycles. The van der Waals surface area contributed by atoms with E-state index in [0.29, 0.717) is 40.2 Å². The third-order valence-electron chi connectivity index (χ3n) is 5.25. The minimum Gasteiger partial charge on any atom is -0.493 e. The molecule has 4 rings (SSSR count). The molecule has 0 aliphatic rings. The van der Waals surface area contributed by atoms with Crippen molar-refractivity contribution in [2.45, 2.75) is 19.8 Å². The summed E-state index contributed by atoms with van der Waals surface area (Å²) in [4.78, 5) is 22.3. The average molecular weight is 447 g/mol. The second-order valence-electron chi connectivity index (χ2n) is 7.43. The Balaban J connectivity index is 1.83. The number of carbonyl (C=O) groups is 1. The maximum absolute atomic E-state index is 13.0. The van der Waals surface area contributed by atoms with E-state index in [1.54, 1.807) is 32.6 Å². The molecule has 0 bridgehead atoms. The van der Waals surface area contributed by atoms with E-state index in [4.69, 9.17) is 20.2 Å². The molecule has 2 heterocycles. The fourth-order valence-electron chi connectivity index (χ4n) is 3.51. The number of nitrogen functional groups attached to an aromatic ring is 1. The molecule has 1 amide bonds. The molecule has 0 saturated carbocycles. The third-order valence-corrected chi connectivity index (χ3v) is 5.25. The number of nitrogens with two attached hydrogens (primary N) is 1. The summed E-state index contributed by atoms with van der Waals surface area (Å²) in [5.41, 5.74) is 9.61. The van der Waals surface area contributed by atoms with E-state index >= 15 is 0 Å². The molecule has 33 heavy (non-hydrogen) atoms. The summed E-state index contributed by atoms with van der Waals surface area (Å²) in [6.45, 7) is 2.62. The molecule has 2 aromatic heterocycles. The molecular weight excluding hydrogens is 420 g/mol. The monoisotopic (exact) mass is 446 g/mol. The number of hydrogen-bond donors (Lipinski definition) is 2. The van der Waals surface area contributed by atoms with Crippen LogP contribution in [0.2, 0.25) is 0 Å². The SMILES string of the molecule is CCCCNC(=O)c1c(N)n(N=Cc2ccc(OC)c(OC)c2)c2nc3ccccc3nc12. The zero-order valence-electron chi connectivity index (χ0n) is 18.8. The van der Waals surface area contributed by atoms with Crippen molar-refractivity contribution in [1.82, 2.24) is 20.0 Å². The molecule has 0 saturated heterocycles. The smallest absolute Gasteiger partial charge is 0.257 e. The van der Waals surface area contributed by atoms with Crippen molar-refractivity contribution >= 4 is 40.1 Å². The summed E-state index contributed by atoms with van der Waals surface area (Å²) in [7, 11) is 3.15. The third kappa shape index (κ3) is 4.30. The van der Waals surface area contributed by atoms with Gasteiger partial charge in [-0.3, -0.25) is 4.79 Å². The van der Waals surface area contributed by atoms with Gasteiger partial charge in [0.1, 0.15) is 16.9 Å². The number of benzene rings is 2. The number of unbranched alkanes of at least 4 members (excludes halogenated alkanes) is 1. The lowest BCUT2D eigenvalue weighted by Gasteiger charge is -2.07. The minimum absolute atomic E-state index is 0.172. The van der Waals surface area contributed by atoms with E-state index in [0.717, 1.165) is 18.4 Å². The van der Waals surface area contributed by atoms with Crippen LogP contribution in [0, 0.1) is 0 Å². The van der Waals surface area contributed by atoms with Crippen LogP contribution < -0.4 is 20.5 Å². The number of hydrogen-bond acceptors (Lipinski definition) is 7. The molecule has 0 unspecified atom stereocenters. The topological polar surface area (TPSA) is 117 Å². The fraction of sp³-hybridized carbons (Fsp3) is 0.250. The first-order valence-electron chi connectivity index (χ1n) is 10.7. The molecule has 9 nitrogen and oxygen atoms in total. The number of nitrogens with zero attached hydrogens (tertiary/aromatic N) is 4. The Labute approximate surface area is 191 Å². The summed E-state index contributed by atoms with van der Waals surface area (Å²) < 4.78 is 12.1. The number of para-hydroxylation sites is 2. The Kier molecular flexibility index (Phi) is 6.39. The van der Waals surface area contributed by atoms with Crippen molar-refractivity contribution in [3.8, 4) is 11.5 Å². The van der Waals surface area contributed by atoms with Crippen LogP contribution in [0.1, 0.15) is 35.7 Å². The lowest BCUT2D eigenvalue weighted by Crippen LogP contribution is -2.25. The molecule has 3 N–H and O–H groups in total. The van der Waals surface area contributed by atoms with E-state index in [1.165, 1.54) is 4.68 Å². The zero-order valence-corrected chi connectivity index (χ0v) is 18.8. The predicted molar refractivity (Wildman–Crippen MR) is 129 cm³/mol. The summed E-state index contributed by atoms with van der Waals surface area (Å²) >= 11 is 0. The van der Waals surface area contributed by atoms with Crippen LogP contribution >= 0.6 is 0 Å². The largest absolute Gasteiger partial charge is 0.493 e. The number of amides is 1. The van der Waals surface area contributed by atoms with Gasteiger partial charge in [-0.05, 0) is 42.3 Å². The van der Waals surface area contributed by atoms with Gasteiger partial charge in [-0.15, -0.1) is 0 Å². The molecule has 170 valence electrons. The Bertz CT molecular complexity index is 1350. The van der Waals surface area contributed by atoms with Crippen LogP contribution in [0.15, 0.2) is 47.6 Å². The Hall–Kier alpha value is -4.14. The number of fused-ring (bicyclic) bond motifs is 2. The maximum atomic E-state index is 13.0. The highest BCUT2D eigenvalue weighted by Gasteiger charge is 2.23. The number of rotatable bonds is 8. The first kappa shape index (κ1) is 22.1. The fourth-order valence-corrected chi connectivity index (χ4v) is 3.51. The summed E-state index contributed by atoms with van der Waals surface area (Å²) in [5, 5.41) is 7.44. The van der Waals surface area contributed by atoms with Crippen molar-refractivity contribution in [3.63, 3.8) is 0 Å². The molecule has 0 radical (unpaired) electrons. The van der Waals surface area contributed by atoms with E-state index in [1.807, 2.05) is 30.3 Å². The number of aromatic nitrogens is 3. The zero-order chi connectivity index (χ0) is 23.4. The molecule has 0 spiro atoms. The van der Waals surface area contributed by atoms with Gasteiger partial charge in [0.15, 0.2) is 17.1 Å². The molecule has 4 aromatic rings. The van der Waals surface area contributed by atoms with Crippen molar-refractivity contribution in [2.24, 2.45) is 5.10 Å². The Morgan fingerprint density at radius 1 is 1.12 bits per heavy atom. The van der Waals surface area contributed by atoms with Gasteiger partial charge in [0, 0.05) is 6.54 Å².